The van der Waals surface area contributed by atoms with Crippen LogP contribution in [0.2, 0.25) is 0 Å². The van der Waals surface area contributed by atoms with E-state index in [4.69, 9.17) is 5.73 Å². The molecule has 1 aliphatic carbocycles. The first kappa shape index (κ1) is 19.7. The van der Waals surface area contributed by atoms with Gasteiger partial charge in [0.15, 0.2) is 0 Å². The van der Waals surface area contributed by atoms with Crippen LogP contribution in [0.25, 0.3) is 0 Å². The third kappa shape index (κ3) is 5.98. The van der Waals surface area contributed by atoms with Crippen molar-refractivity contribution in [1.29, 1.82) is 0 Å². The van der Waals surface area contributed by atoms with E-state index in [1.54, 1.807) is 0 Å². The number of carbonyl (C=O) groups excluding carboxylic acids is 2. The number of carbonyl (C=O) groups is 2. The van der Waals surface area contributed by atoms with Crippen LogP contribution < -0.4 is 16.0 Å². The number of benzene rings is 1. The molecule has 148 valence electrons. The Balaban J connectivity index is 1.42. The molecule has 0 aromatic heterocycles. The first-order chi connectivity index (χ1) is 13.1. The van der Waals surface area contributed by atoms with Crippen molar-refractivity contribution < 1.29 is 9.59 Å². The van der Waals surface area contributed by atoms with Crippen LogP contribution in [0, 0.1) is 11.8 Å². The molecule has 2 fully saturated rings. The fourth-order valence-corrected chi connectivity index (χ4v) is 4.37. The molecule has 3 N–H and O–H groups in total. The van der Waals surface area contributed by atoms with Gasteiger partial charge in [0.05, 0.1) is 5.92 Å². The quantitative estimate of drug-likeness (QED) is 0.772. The van der Waals surface area contributed by atoms with Crippen LogP contribution in [0.15, 0.2) is 24.3 Å². The summed E-state index contributed by atoms with van der Waals surface area (Å²) < 4.78 is 0. The molecular formula is C22H33N3O2. The Labute approximate surface area is 162 Å². The van der Waals surface area contributed by atoms with E-state index < -0.39 is 0 Å². The zero-order chi connectivity index (χ0) is 19.1. The zero-order valence-electron chi connectivity index (χ0n) is 16.3. The second-order valence-corrected chi connectivity index (χ2v) is 8.17. The number of piperidine rings is 1. The van der Waals surface area contributed by atoms with Crippen LogP contribution in [0.5, 0.6) is 0 Å². The van der Waals surface area contributed by atoms with Crippen molar-refractivity contribution in [3.05, 3.63) is 29.8 Å². The molecular weight excluding hydrogens is 338 g/mol. The SMILES string of the molecule is NC(=O)[C@@H]1CCCN(c2ccc(CNC(=O)CCC3CCCCC3)cc2)C1. The highest BCUT2D eigenvalue weighted by Gasteiger charge is 2.24. The van der Waals surface area contributed by atoms with Crippen molar-refractivity contribution in [3.63, 3.8) is 0 Å². The minimum atomic E-state index is -0.202. The van der Waals surface area contributed by atoms with Gasteiger partial charge in [-0.2, -0.15) is 0 Å². The third-order valence-electron chi connectivity index (χ3n) is 6.12. The number of anilines is 1. The predicted molar refractivity (Wildman–Crippen MR) is 108 cm³/mol. The summed E-state index contributed by atoms with van der Waals surface area (Å²) >= 11 is 0. The molecule has 1 aliphatic heterocycles. The number of hydrogen-bond donors (Lipinski definition) is 2. The second-order valence-electron chi connectivity index (χ2n) is 8.17. The summed E-state index contributed by atoms with van der Waals surface area (Å²) in [6.45, 7) is 2.24. The molecule has 3 rings (SSSR count). The number of primary amides is 1. The van der Waals surface area contributed by atoms with Crippen molar-refractivity contribution in [1.82, 2.24) is 5.32 Å². The molecule has 1 saturated heterocycles. The van der Waals surface area contributed by atoms with Gasteiger partial charge in [0.25, 0.3) is 0 Å². The Hall–Kier alpha value is -2.04. The summed E-state index contributed by atoms with van der Waals surface area (Å²) in [7, 11) is 0. The van der Waals surface area contributed by atoms with Crippen LogP contribution in [0.4, 0.5) is 5.69 Å². The number of rotatable bonds is 7. The summed E-state index contributed by atoms with van der Waals surface area (Å²) in [5.41, 5.74) is 7.69. The van der Waals surface area contributed by atoms with E-state index >= 15 is 0 Å². The Kier molecular flexibility index (Phi) is 7.13. The highest BCUT2D eigenvalue weighted by atomic mass is 16.2. The maximum absolute atomic E-state index is 12.1. The maximum atomic E-state index is 12.1. The Bertz CT molecular complexity index is 623. The molecule has 5 nitrogen and oxygen atoms in total. The summed E-state index contributed by atoms with van der Waals surface area (Å²) in [6, 6.07) is 8.27. The monoisotopic (exact) mass is 371 g/mol. The van der Waals surface area contributed by atoms with Crippen LogP contribution in [-0.2, 0) is 16.1 Å². The predicted octanol–water partition coefficient (Wildman–Crippen LogP) is 3.37. The molecule has 27 heavy (non-hydrogen) atoms. The number of nitrogens with one attached hydrogen (secondary N) is 1. The highest BCUT2D eigenvalue weighted by molar-refractivity contribution is 5.77. The largest absolute Gasteiger partial charge is 0.371 e. The molecule has 2 amide bonds. The molecule has 1 heterocycles. The third-order valence-corrected chi connectivity index (χ3v) is 6.12. The van der Waals surface area contributed by atoms with E-state index in [9.17, 15) is 9.59 Å². The molecule has 1 aromatic carbocycles. The lowest BCUT2D eigenvalue weighted by atomic mass is 9.86. The van der Waals surface area contributed by atoms with E-state index in [0.29, 0.717) is 19.5 Å². The lowest BCUT2D eigenvalue weighted by Crippen LogP contribution is -2.41. The van der Waals surface area contributed by atoms with Gasteiger partial charge in [0.1, 0.15) is 0 Å². The molecule has 2 aliphatic rings. The van der Waals surface area contributed by atoms with Gasteiger partial charge >= 0.3 is 0 Å². The van der Waals surface area contributed by atoms with E-state index in [2.05, 4.69) is 34.5 Å². The van der Waals surface area contributed by atoms with Crippen molar-refractivity contribution >= 4 is 17.5 Å². The zero-order valence-corrected chi connectivity index (χ0v) is 16.3. The summed E-state index contributed by atoms with van der Waals surface area (Å²) in [4.78, 5) is 25.8. The normalized spacial score (nSPS) is 21.0. The van der Waals surface area contributed by atoms with Crippen LogP contribution in [0.1, 0.15) is 63.4 Å². The lowest BCUT2D eigenvalue weighted by Gasteiger charge is -2.33. The molecule has 0 unspecified atom stereocenters. The van der Waals surface area contributed by atoms with Crippen molar-refractivity contribution in [2.45, 2.75) is 64.3 Å². The average molecular weight is 372 g/mol. The first-order valence-corrected chi connectivity index (χ1v) is 10.5. The molecule has 1 atom stereocenters. The van der Waals surface area contributed by atoms with Crippen LogP contribution in [0.3, 0.4) is 0 Å². The fraction of sp³-hybridized carbons (Fsp3) is 0.636. The maximum Gasteiger partial charge on any atom is 0.222 e. The van der Waals surface area contributed by atoms with Crippen molar-refractivity contribution in [3.8, 4) is 0 Å². The molecule has 1 aromatic rings. The molecule has 0 radical (unpaired) electrons. The number of nitrogens with zero attached hydrogens (tertiary/aromatic N) is 1. The Morgan fingerprint density at radius 1 is 1.04 bits per heavy atom. The van der Waals surface area contributed by atoms with Gasteiger partial charge in [-0.25, -0.2) is 0 Å². The van der Waals surface area contributed by atoms with Gasteiger partial charge in [-0.15, -0.1) is 0 Å². The van der Waals surface area contributed by atoms with Crippen molar-refractivity contribution in [2.75, 3.05) is 18.0 Å². The van der Waals surface area contributed by atoms with Gasteiger partial charge in [0, 0.05) is 31.7 Å². The van der Waals surface area contributed by atoms with Gasteiger partial charge in [-0.1, -0.05) is 44.2 Å². The molecule has 5 heteroatoms. The number of amides is 2. The van der Waals surface area contributed by atoms with Crippen LogP contribution >= 0.6 is 0 Å². The Morgan fingerprint density at radius 3 is 2.48 bits per heavy atom. The van der Waals surface area contributed by atoms with Gasteiger partial charge in [-0.3, -0.25) is 9.59 Å². The van der Waals surface area contributed by atoms with E-state index in [1.807, 2.05) is 0 Å². The van der Waals surface area contributed by atoms with E-state index in [0.717, 1.165) is 43.0 Å². The standard InChI is InChI=1S/C22H33N3O2/c23-22(27)19-7-4-14-25(16-19)20-11-8-18(9-12-20)15-24-21(26)13-10-17-5-2-1-3-6-17/h8-9,11-12,17,19H,1-7,10,13-16H2,(H2,23,27)(H,24,26)/t19-/m1/s1. The number of hydrogen-bond acceptors (Lipinski definition) is 3. The summed E-state index contributed by atoms with van der Waals surface area (Å²) in [5.74, 6) is 0.650. The highest BCUT2D eigenvalue weighted by Crippen LogP contribution is 2.27. The summed E-state index contributed by atoms with van der Waals surface area (Å²) in [5, 5.41) is 3.05. The number of nitrogens with two attached hydrogens (primary N) is 1. The van der Waals surface area contributed by atoms with Crippen LogP contribution in [-0.4, -0.2) is 24.9 Å². The molecule has 1 saturated carbocycles. The molecule has 0 spiro atoms. The minimum absolute atomic E-state index is 0.0538. The average Bonchev–Trinajstić information content (AvgIpc) is 2.72. The minimum Gasteiger partial charge on any atom is -0.371 e. The lowest BCUT2D eigenvalue weighted by molar-refractivity contribution is -0.122. The van der Waals surface area contributed by atoms with E-state index in [-0.39, 0.29) is 17.7 Å². The molecule has 0 bridgehead atoms. The first-order valence-electron chi connectivity index (χ1n) is 10.5. The van der Waals surface area contributed by atoms with Gasteiger partial charge in [0.2, 0.25) is 11.8 Å². The topological polar surface area (TPSA) is 75.4 Å². The van der Waals surface area contributed by atoms with Crippen molar-refractivity contribution in [2.24, 2.45) is 17.6 Å². The fourth-order valence-electron chi connectivity index (χ4n) is 4.37. The Morgan fingerprint density at radius 2 is 1.78 bits per heavy atom. The smallest absolute Gasteiger partial charge is 0.222 e. The summed E-state index contributed by atoms with van der Waals surface area (Å²) in [6.07, 6.45) is 10.2. The van der Waals surface area contributed by atoms with Gasteiger partial charge < -0.3 is 16.0 Å². The van der Waals surface area contributed by atoms with Gasteiger partial charge in [-0.05, 0) is 42.9 Å². The van der Waals surface area contributed by atoms with E-state index in [1.165, 1.54) is 32.1 Å². The second kappa shape index (κ2) is 9.77.